The Hall–Kier alpha value is -3.09. The van der Waals surface area contributed by atoms with Gasteiger partial charge in [-0.25, -0.2) is 4.98 Å². The molecule has 6 nitrogen and oxygen atoms in total. The fourth-order valence-corrected chi connectivity index (χ4v) is 3.24. The summed E-state index contributed by atoms with van der Waals surface area (Å²) in [6, 6.07) is 12.8. The number of carbonyl (C=O) groups is 1. The number of anilines is 1. The van der Waals surface area contributed by atoms with Crippen LogP contribution in [0.2, 0.25) is 10.0 Å². The van der Waals surface area contributed by atoms with Crippen LogP contribution in [-0.2, 0) is 6.54 Å². The summed E-state index contributed by atoms with van der Waals surface area (Å²) in [4.78, 5) is 16.5. The summed E-state index contributed by atoms with van der Waals surface area (Å²) in [6.45, 7) is 0.485. The molecule has 1 N–H and O–H groups in total. The number of nitrogens with one attached hydrogen (secondary N) is 1. The Morgan fingerprint density at radius 3 is 2.71 bits per heavy atom. The molecule has 8 heteroatoms. The lowest BCUT2D eigenvalue weighted by atomic mass is 10.2. The van der Waals surface area contributed by atoms with E-state index in [-0.39, 0.29) is 5.91 Å². The first-order valence-electron chi connectivity index (χ1n) is 8.45. The van der Waals surface area contributed by atoms with Crippen LogP contribution >= 0.6 is 23.2 Å². The van der Waals surface area contributed by atoms with E-state index in [1.807, 2.05) is 30.3 Å². The Morgan fingerprint density at radius 2 is 1.96 bits per heavy atom. The minimum Gasteiger partial charge on any atom is -0.322 e. The predicted molar refractivity (Wildman–Crippen MR) is 109 cm³/mol. The van der Waals surface area contributed by atoms with E-state index in [1.165, 1.54) is 6.20 Å². The molecule has 0 bridgehead atoms. The van der Waals surface area contributed by atoms with Gasteiger partial charge >= 0.3 is 0 Å². The molecule has 0 saturated carbocycles. The smallest absolute Gasteiger partial charge is 0.258 e. The van der Waals surface area contributed by atoms with E-state index in [0.29, 0.717) is 27.8 Å². The molecule has 0 atom stereocenters. The molecule has 2 aromatic heterocycles. The van der Waals surface area contributed by atoms with E-state index in [9.17, 15) is 4.79 Å². The maximum atomic E-state index is 12.5. The van der Waals surface area contributed by atoms with Gasteiger partial charge in [0.2, 0.25) is 0 Å². The largest absolute Gasteiger partial charge is 0.322 e. The maximum Gasteiger partial charge on any atom is 0.258 e. The van der Waals surface area contributed by atoms with E-state index in [4.69, 9.17) is 23.2 Å². The van der Waals surface area contributed by atoms with Crippen molar-refractivity contribution in [2.24, 2.45) is 0 Å². The molecule has 0 fully saturated rings. The minimum absolute atomic E-state index is 0.267. The van der Waals surface area contributed by atoms with Gasteiger partial charge in [0.25, 0.3) is 5.91 Å². The van der Waals surface area contributed by atoms with Crippen molar-refractivity contribution in [3.05, 3.63) is 94.8 Å². The molecule has 4 rings (SSSR count). The number of imidazole rings is 1. The van der Waals surface area contributed by atoms with Crippen LogP contribution in [-0.4, -0.2) is 25.2 Å². The summed E-state index contributed by atoms with van der Waals surface area (Å²) in [5.41, 5.74) is 2.76. The molecule has 2 aromatic carbocycles. The molecule has 2 heterocycles. The molecular weight excluding hydrogens is 397 g/mol. The molecule has 4 aromatic rings. The Labute approximate surface area is 171 Å². The van der Waals surface area contributed by atoms with Gasteiger partial charge in [-0.1, -0.05) is 41.4 Å². The van der Waals surface area contributed by atoms with E-state index in [0.717, 1.165) is 11.3 Å². The Bertz CT molecular complexity index is 1120. The SMILES string of the molecule is O=C(Nc1ccc(-n2ccnc2)c(Cl)c1)c1cnn(Cc2ccccc2Cl)c1. The van der Waals surface area contributed by atoms with Gasteiger partial charge in [-0.15, -0.1) is 0 Å². The van der Waals surface area contributed by atoms with Crippen molar-refractivity contribution in [2.75, 3.05) is 5.32 Å². The normalized spacial score (nSPS) is 10.8. The first-order valence-corrected chi connectivity index (χ1v) is 9.21. The Morgan fingerprint density at radius 1 is 1.11 bits per heavy atom. The number of rotatable bonds is 5. The molecule has 28 heavy (non-hydrogen) atoms. The summed E-state index contributed by atoms with van der Waals surface area (Å²) >= 11 is 12.5. The number of halogens is 2. The number of amides is 1. The van der Waals surface area contributed by atoms with Crippen molar-refractivity contribution in [1.82, 2.24) is 19.3 Å². The van der Waals surface area contributed by atoms with Crippen LogP contribution in [0.1, 0.15) is 15.9 Å². The summed E-state index contributed by atoms with van der Waals surface area (Å²) in [7, 11) is 0. The molecule has 0 aliphatic carbocycles. The highest BCUT2D eigenvalue weighted by atomic mass is 35.5. The van der Waals surface area contributed by atoms with E-state index in [1.54, 1.807) is 46.3 Å². The lowest BCUT2D eigenvalue weighted by Gasteiger charge is -2.08. The highest BCUT2D eigenvalue weighted by Gasteiger charge is 2.11. The highest BCUT2D eigenvalue weighted by molar-refractivity contribution is 6.32. The molecule has 0 radical (unpaired) electrons. The second-order valence-corrected chi connectivity index (χ2v) is 6.92. The zero-order valence-electron chi connectivity index (χ0n) is 14.6. The summed E-state index contributed by atoms with van der Waals surface area (Å²) in [5.74, 6) is -0.267. The maximum absolute atomic E-state index is 12.5. The van der Waals surface area contributed by atoms with Gasteiger partial charge < -0.3 is 9.88 Å². The van der Waals surface area contributed by atoms with Gasteiger partial charge in [0.1, 0.15) is 0 Å². The number of benzene rings is 2. The molecule has 0 aliphatic rings. The number of carbonyl (C=O) groups excluding carboxylic acids is 1. The fourth-order valence-electron chi connectivity index (χ4n) is 2.77. The van der Waals surface area contributed by atoms with Gasteiger partial charge in [0.15, 0.2) is 0 Å². The van der Waals surface area contributed by atoms with Gasteiger partial charge in [-0.2, -0.15) is 5.10 Å². The van der Waals surface area contributed by atoms with Crippen molar-refractivity contribution in [3.63, 3.8) is 0 Å². The quantitative estimate of drug-likeness (QED) is 0.518. The lowest BCUT2D eigenvalue weighted by Crippen LogP contribution is -2.11. The zero-order valence-corrected chi connectivity index (χ0v) is 16.1. The summed E-state index contributed by atoms with van der Waals surface area (Å²) in [5, 5.41) is 8.24. The third-order valence-electron chi connectivity index (χ3n) is 4.17. The van der Waals surface area contributed by atoms with Crippen molar-refractivity contribution in [1.29, 1.82) is 0 Å². The molecule has 0 aliphatic heterocycles. The third kappa shape index (κ3) is 3.93. The standard InChI is InChI=1S/C20H15Cl2N5O/c21-17-4-2-1-3-14(17)11-27-12-15(10-24-27)20(28)25-16-5-6-19(18(22)9-16)26-8-7-23-13-26/h1-10,12-13H,11H2,(H,25,28). The van der Waals surface area contributed by atoms with Crippen LogP contribution in [0.15, 0.2) is 73.6 Å². The first-order chi connectivity index (χ1) is 13.6. The Balaban J connectivity index is 1.46. The van der Waals surface area contributed by atoms with Gasteiger partial charge in [0.05, 0.1) is 35.3 Å². The van der Waals surface area contributed by atoms with Crippen molar-refractivity contribution in [3.8, 4) is 5.69 Å². The van der Waals surface area contributed by atoms with Gasteiger partial charge in [-0.3, -0.25) is 9.48 Å². The van der Waals surface area contributed by atoms with E-state index < -0.39 is 0 Å². The number of hydrogen-bond acceptors (Lipinski definition) is 3. The van der Waals surface area contributed by atoms with Crippen LogP contribution in [0.4, 0.5) is 5.69 Å². The summed E-state index contributed by atoms with van der Waals surface area (Å²) < 4.78 is 3.47. The fraction of sp³-hybridized carbons (Fsp3) is 0.0500. The molecule has 0 spiro atoms. The monoisotopic (exact) mass is 411 g/mol. The second-order valence-electron chi connectivity index (χ2n) is 6.11. The van der Waals surface area contributed by atoms with E-state index in [2.05, 4.69) is 15.4 Å². The Kier molecular flexibility index (Phi) is 5.14. The number of nitrogens with zero attached hydrogens (tertiary/aromatic N) is 4. The second kappa shape index (κ2) is 7.88. The highest BCUT2D eigenvalue weighted by Crippen LogP contribution is 2.24. The van der Waals surface area contributed by atoms with Crippen LogP contribution in [0.3, 0.4) is 0 Å². The molecule has 140 valence electrons. The van der Waals surface area contributed by atoms with Crippen LogP contribution in [0, 0.1) is 0 Å². The number of hydrogen-bond donors (Lipinski definition) is 1. The average molecular weight is 412 g/mol. The number of aromatic nitrogens is 4. The summed E-state index contributed by atoms with van der Waals surface area (Å²) in [6.07, 6.45) is 8.33. The molecule has 0 unspecified atom stereocenters. The average Bonchev–Trinajstić information content (AvgIpc) is 3.36. The van der Waals surface area contributed by atoms with Crippen molar-refractivity contribution >= 4 is 34.8 Å². The zero-order chi connectivity index (χ0) is 19.5. The van der Waals surface area contributed by atoms with Crippen molar-refractivity contribution < 1.29 is 4.79 Å². The first kappa shape index (κ1) is 18.3. The van der Waals surface area contributed by atoms with Gasteiger partial charge in [0, 0.05) is 29.3 Å². The van der Waals surface area contributed by atoms with E-state index >= 15 is 0 Å². The van der Waals surface area contributed by atoms with Crippen LogP contribution in [0.5, 0.6) is 0 Å². The van der Waals surface area contributed by atoms with Gasteiger partial charge in [-0.05, 0) is 29.8 Å². The van der Waals surface area contributed by atoms with Crippen LogP contribution in [0.25, 0.3) is 5.69 Å². The molecule has 1 amide bonds. The predicted octanol–water partition coefficient (Wildman–Crippen LogP) is 4.68. The van der Waals surface area contributed by atoms with Crippen LogP contribution < -0.4 is 5.32 Å². The van der Waals surface area contributed by atoms with Crippen molar-refractivity contribution in [2.45, 2.75) is 6.54 Å². The molecule has 0 saturated heterocycles. The lowest BCUT2D eigenvalue weighted by molar-refractivity contribution is 0.102. The molecular formula is C20H15Cl2N5O. The topological polar surface area (TPSA) is 64.7 Å². The minimum atomic E-state index is -0.267. The third-order valence-corrected chi connectivity index (χ3v) is 4.85.